The summed E-state index contributed by atoms with van der Waals surface area (Å²) >= 11 is 4.73. The Labute approximate surface area is 159 Å². The number of carbonyl (C=O) groups excluding carboxylic acids is 2. The lowest BCUT2D eigenvalue weighted by Gasteiger charge is -2.08. The van der Waals surface area contributed by atoms with Crippen LogP contribution in [0.3, 0.4) is 0 Å². The van der Waals surface area contributed by atoms with Gasteiger partial charge in [-0.2, -0.15) is 0 Å². The van der Waals surface area contributed by atoms with Gasteiger partial charge in [-0.05, 0) is 31.0 Å². The topological polar surface area (TPSA) is 64.6 Å². The van der Waals surface area contributed by atoms with E-state index in [9.17, 15) is 9.59 Å². The first kappa shape index (κ1) is 19.5. The number of carbonyl (C=O) groups is 2. The Bertz CT molecular complexity index is 755. The van der Waals surface area contributed by atoms with Crippen LogP contribution in [-0.4, -0.2) is 25.8 Å². The molecule has 0 aliphatic rings. The number of ether oxygens (including phenoxy) is 2. The standard InChI is InChI=1S/C18H20BrNO4S/c1-4-5-10-24-18(22)20-16-15(17(21)23-3)14(11(2)25-16)12-6-8-13(19)9-7-12/h6-9H,4-5,10H2,1-3H3,(H,20,22). The second-order valence-electron chi connectivity index (χ2n) is 5.35. The molecule has 1 amide bonds. The molecule has 0 bridgehead atoms. The molecule has 0 atom stereocenters. The summed E-state index contributed by atoms with van der Waals surface area (Å²) in [6.07, 6.45) is 1.17. The number of rotatable bonds is 6. The molecule has 0 unspecified atom stereocenters. The van der Waals surface area contributed by atoms with Gasteiger partial charge >= 0.3 is 12.1 Å². The molecule has 2 aromatic rings. The lowest BCUT2D eigenvalue weighted by Crippen LogP contribution is -2.16. The molecule has 0 saturated carbocycles. The van der Waals surface area contributed by atoms with Crippen molar-refractivity contribution < 1.29 is 19.1 Å². The highest BCUT2D eigenvalue weighted by molar-refractivity contribution is 9.10. The zero-order valence-electron chi connectivity index (χ0n) is 14.3. The largest absolute Gasteiger partial charge is 0.465 e. The second-order valence-corrected chi connectivity index (χ2v) is 7.49. The quantitative estimate of drug-likeness (QED) is 0.481. The van der Waals surface area contributed by atoms with Crippen molar-refractivity contribution in [3.63, 3.8) is 0 Å². The normalized spacial score (nSPS) is 10.4. The number of hydrogen-bond donors (Lipinski definition) is 1. The van der Waals surface area contributed by atoms with Gasteiger partial charge in [-0.3, -0.25) is 5.32 Å². The van der Waals surface area contributed by atoms with E-state index in [1.807, 2.05) is 38.1 Å². The summed E-state index contributed by atoms with van der Waals surface area (Å²) in [6, 6.07) is 7.63. The Morgan fingerprint density at radius 1 is 1.24 bits per heavy atom. The van der Waals surface area contributed by atoms with Crippen LogP contribution in [-0.2, 0) is 9.47 Å². The van der Waals surface area contributed by atoms with Gasteiger partial charge in [-0.1, -0.05) is 41.4 Å². The number of esters is 1. The molecule has 0 spiro atoms. The first-order valence-electron chi connectivity index (χ1n) is 7.89. The van der Waals surface area contributed by atoms with Crippen LogP contribution in [0.25, 0.3) is 11.1 Å². The lowest BCUT2D eigenvalue weighted by atomic mass is 10.0. The monoisotopic (exact) mass is 425 g/mol. The highest BCUT2D eigenvalue weighted by Gasteiger charge is 2.25. The third-order valence-electron chi connectivity index (χ3n) is 3.55. The van der Waals surface area contributed by atoms with Gasteiger partial charge < -0.3 is 9.47 Å². The highest BCUT2D eigenvalue weighted by Crippen LogP contribution is 2.40. The third-order valence-corrected chi connectivity index (χ3v) is 5.10. The van der Waals surface area contributed by atoms with Crippen molar-refractivity contribution in [3.05, 3.63) is 39.2 Å². The lowest BCUT2D eigenvalue weighted by molar-refractivity contribution is 0.0603. The Kier molecular flexibility index (Phi) is 7.01. The maximum Gasteiger partial charge on any atom is 0.412 e. The number of aryl methyl sites for hydroxylation is 1. The average molecular weight is 426 g/mol. The molecule has 0 saturated heterocycles. The van der Waals surface area contributed by atoms with E-state index in [0.29, 0.717) is 17.2 Å². The number of benzene rings is 1. The summed E-state index contributed by atoms with van der Waals surface area (Å²) in [5.74, 6) is -0.494. The number of methoxy groups -OCH3 is 1. The third kappa shape index (κ3) is 4.83. The van der Waals surface area contributed by atoms with E-state index < -0.39 is 12.1 Å². The molecular weight excluding hydrogens is 406 g/mol. The molecule has 25 heavy (non-hydrogen) atoms. The van der Waals surface area contributed by atoms with Gasteiger partial charge in [0.1, 0.15) is 10.6 Å². The zero-order valence-corrected chi connectivity index (χ0v) is 16.8. The highest BCUT2D eigenvalue weighted by atomic mass is 79.9. The van der Waals surface area contributed by atoms with Gasteiger partial charge in [0.25, 0.3) is 0 Å². The molecule has 0 aliphatic carbocycles. The van der Waals surface area contributed by atoms with E-state index in [1.165, 1.54) is 18.4 Å². The predicted octanol–water partition coefficient (Wildman–Crippen LogP) is 5.62. The number of unbranched alkanes of at least 4 members (excludes halogenated alkanes) is 1. The molecule has 1 N–H and O–H groups in total. The van der Waals surface area contributed by atoms with Gasteiger partial charge in [0.2, 0.25) is 0 Å². The minimum atomic E-state index is -0.567. The number of thiophene rings is 1. The Morgan fingerprint density at radius 3 is 2.52 bits per heavy atom. The molecule has 1 aromatic heterocycles. The summed E-state index contributed by atoms with van der Waals surface area (Å²) in [5.41, 5.74) is 1.98. The van der Waals surface area contributed by atoms with Crippen molar-refractivity contribution in [3.8, 4) is 11.1 Å². The van der Waals surface area contributed by atoms with Crippen LogP contribution in [0, 0.1) is 6.92 Å². The summed E-state index contributed by atoms with van der Waals surface area (Å²) < 4.78 is 11.0. The Hall–Kier alpha value is -1.86. The van der Waals surface area contributed by atoms with Crippen molar-refractivity contribution >= 4 is 44.3 Å². The summed E-state index contributed by atoms with van der Waals surface area (Å²) in [4.78, 5) is 25.2. The number of nitrogens with one attached hydrogen (secondary N) is 1. The van der Waals surface area contributed by atoms with Crippen LogP contribution in [0.4, 0.5) is 9.80 Å². The fourth-order valence-electron chi connectivity index (χ4n) is 2.33. The molecule has 1 aromatic carbocycles. The molecule has 134 valence electrons. The van der Waals surface area contributed by atoms with Gasteiger partial charge in [0, 0.05) is 14.9 Å². The van der Waals surface area contributed by atoms with Crippen molar-refractivity contribution in [2.24, 2.45) is 0 Å². The van der Waals surface area contributed by atoms with Crippen molar-refractivity contribution in [1.82, 2.24) is 0 Å². The second kappa shape index (κ2) is 9.01. The summed E-state index contributed by atoms with van der Waals surface area (Å²) in [7, 11) is 1.32. The molecule has 2 rings (SSSR count). The van der Waals surface area contributed by atoms with Crippen molar-refractivity contribution in [1.29, 1.82) is 0 Å². The van der Waals surface area contributed by atoms with Crippen LogP contribution in [0.2, 0.25) is 0 Å². The molecular formula is C18H20BrNO4S. The number of anilines is 1. The smallest absolute Gasteiger partial charge is 0.412 e. The van der Waals surface area contributed by atoms with E-state index in [-0.39, 0.29) is 0 Å². The van der Waals surface area contributed by atoms with Crippen LogP contribution >= 0.6 is 27.3 Å². The molecule has 0 aliphatic heterocycles. The SMILES string of the molecule is CCCCOC(=O)Nc1sc(C)c(-c2ccc(Br)cc2)c1C(=O)OC. The Balaban J connectivity index is 2.37. The number of halogens is 1. The van der Waals surface area contributed by atoms with E-state index in [1.54, 1.807) is 0 Å². The first-order valence-corrected chi connectivity index (χ1v) is 9.50. The van der Waals surface area contributed by atoms with Crippen LogP contribution < -0.4 is 5.32 Å². The fourth-order valence-corrected chi connectivity index (χ4v) is 3.65. The van der Waals surface area contributed by atoms with Gasteiger partial charge in [-0.25, -0.2) is 9.59 Å². The van der Waals surface area contributed by atoms with E-state index in [0.717, 1.165) is 33.3 Å². The minimum Gasteiger partial charge on any atom is -0.465 e. The molecule has 0 radical (unpaired) electrons. The predicted molar refractivity (Wildman–Crippen MR) is 103 cm³/mol. The maximum atomic E-state index is 12.3. The molecule has 1 heterocycles. The number of hydrogen-bond acceptors (Lipinski definition) is 5. The van der Waals surface area contributed by atoms with Crippen LogP contribution in [0.15, 0.2) is 28.7 Å². The van der Waals surface area contributed by atoms with Crippen LogP contribution in [0.1, 0.15) is 35.0 Å². The van der Waals surface area contributed by atoms with Crippen LogP contribution in [0.5, 0.6) is 0 Å². The molecule has 0 fully saturated rings. The first-order chi connectivity index (χ1) is 12.0. The van der Waals surface area contributed by atoms with E-state index >= 15 is 0 Å². The summed E-state index contributed by atoms with van der Waals surface area (Å²) in [6.45, 7) is 4.27. The van der Waals surface area contributed by atoms with E-state index in [2.05, 4.69) is 21.2 Å². The van der Waals surface area contributed by atoms with E-state index in [4.69, 9.17) is 9.47 Å². The van der Waals surface area contributed by atoms with Gasteiger partial charge in [-0.15, -0.1) is 11.3 Å². The van der Waals surface area contributed by atoms with Crippen molar-refractivity contribution in [2.75, 3.05) is 19.0 Å². The maximum absolute atomic E-state index is 12.3. The van der Waals surface area contributed by atoms with Gasteiger partial charge in [0.05, 0.1) is 13.7 Å². The Morgan fingerprint density at radius 2 is 1.92 bits per heavy atom. The van der Waals surface area contributed by atoms with Gasteiger partial charge in [0.15, 0.2) is 0 Å². The minimum absolute atomic E-state index is 0.347. The average Bonchev–Trinajstić information content (AvgIpc) is 2.91. The zero-order chi connectivity index (χ0) is 18.4. The fraction of sp³-hybridized carbons (Fsp3) is 0.333. The molecule has 5 nitrogen and oxygen atoms in total. The molecule has 7 heteroatoms. The summed E-state index contributed by atoms with van der Waals surface area (Å²) in [5, 5.41) is 3.11. The van der Waals surface area contributed by atoms with Crippen molar-refractivity contribution in [2.45, 2.75) is 26.7 Å². The number of amides is 1.